The minimum atomic E-state index is -0.135. The van der Waals surface area contributed by atoms with Gasteiger partial charge in [-0.1, -0.05) is 12.1 Å². The van der Waals surface area contributed by atoms with Gasteiger partial charge in [-0.3, -0.25) is 0 Å². The van der Waals surface area contributed by atoms with E-state index in [1.807, 2.05) is 29.6 Å². The van der Waals surface area contributed by atoms with Crippen molar-refractivity contribution in [3.8, 4) is 10.6 Å². The van der Waals surface area contributed by atoms with E-state index < -0.39 is 0 Å². The Bertz CT molecular complexity index is 704. The average Bonchev–Trinajstić information content (AvgIpc) is 3.27. The second-order valence-electron chi connectivity index (χ2n) is 6.42. The third-order valence-electron chi connectivity index (χ3n) is 4.90. The Hall–Kier alpha value is -1.92. The molecule has 3 atom stereocenters. The molecule has 126 valence electrons. The van der Waals surface area contributed by atoms with Crippen LogP contribution < -0.4 is 10.6 Å². The molecule has 1 saturated heterocycles. The molecule has 0 bridgehead atoms. The van der Waals surface area contributed by atoms with Crippen LogP contribution in [0.1, 0.15) is 25.7 Å². The van der Waals surface area contributed by atoms with Crippen LogP contribution in [0.4, 0.5) is 10.5 Å². The first-order valence-electron chi connectivity index (χ1n) is 8.48. The van der Waals surface area contributed by atoms with Crippen molar-refractivity contribution < 1.29 is 9.53 Å². The Morgan fingerprint density at radius 3 is 3.12 bits per heavy atom. The second kappa shape index (κ2) is 6.91. The molecule has 1 aliphatic heterocycles. The Labute approximate surface area is 145 Å². The summed E-state index contributed by atoms with van der Waals surface area (Å²) in [6, 6.07) is 7.88. The number of carbonyl (C=O) groups excluding carboxylic acids is 1. The molecule has 5 nitrogen and oxygen atoms in total. The van der Waals surface area contributed by atoms with Gasteiger partial charge in [0, 0.05) is 41.4 Å². The van der Waals surface area contributed by atoms with Gasteiger partial charge < -0.3 is 15.4 Å². The van der Waals surface area contributed by atoms with Crippen LogP contribution in [0.15, 0.2) is 35.8 Å². The first-order chi connectivity index (χ1) is 11.8. The fraction of sp³-hybridized carbons (Fsp3) is 0.444. The summed E-state index contributed by atoms with van der Waals surface area (Å²) in [6.45, 7) is 0.824. The Balaban J connectivity index is 1.40. The normalized spacial score (nSPS) is 25.9. The summed E-state index contributed by atoms with van der Waals surface area (Å²) in [6.07, 6.45) is 6.45. The lowest BCUT2D eigenvalue weighted by Crippen LogP contribution is -2.47. The van der Waals surface area contributed by atoms with E-state index in [4.69, 9.17) is 4.74 Å². The van der Waals surface area contributed by atoms with Crippen LogP contribution in [0.2, 0.25) is 0 Å². The summed E-state index contributed by atoms with van der Waals surface area (Å²) in [7, 11) is 0. The first-order valence-corrected chi connectivity index (χ1v) is 9.36. The molecule has 1 aromatic heterocycles. The molecular weight excluding hydrogens is 322 g/mol. The summed E-state index contributed by atoms with van der Waals surface area (Å²) in [4.78, 5) is 16.7. The zero-order valence-electron chi connectivity index (χ0n) is 13.4. The minimum absolute atomic E-state index is 0.135. The van der Waals surface area contributed by atoms with Crippen molar-refractivity contribution in [2.24, 2.45) is 5.92 Å². The number of benzene rings is 1. The molecule has 6 heteroatoms. The minimum Gasteiger partial charge on any atom is -0.378 e. The molecule has 2 fully saturated rings. The average molecular weight is 343 g/mol. The summed E-state index contributed by atoms with van der Waals surface area (Å²) in [5, 5.41) is 9.01. The van der Waals surface area contributed by atoms with Gasteiger partial charge in [0.05, 0.1) is 6.10 Å². The lowest BCUT2D eigenvalue weighted by molar-refractivity contribution is 0.0553. The van der Waals surface area contributed by atoms with E-state index in [-0.39, 0.29) is 12.1 Å². The van der Waals surface area contributed by atoms with Crippen LogP contribution in [0, 0.1) is 5.92 Å². The fourth-order valence-electron chi connectivity index (χ4n) is 3.79. The zero-order valence-corrected chi connectivity index (χ0v) is 14.2. The molecule has 0 radical (unpaired) electrons. The second-order valence-corrected chi connectivity index (χ2v) is 7.31. The van der Waals surface area contributed by atoms with Gasteiger partial charge in [-0.2, -0.15) is 0 Å². The number of amides is 2. The van der Waals surface area contributed by atoms with Crippen LogP contribution in [0.5, 0.6) is 0 Å². The van der Waals surface area contributed by atoms with E-state index in [9.17, 15) is 4.79 Å². The van der Waals surface area contributed by atoms with Crippen molar-refractivity contribution in [1.82, 2.24) is 10.3 Å². The van der Waals surface area contributed by atoms with Crippen LogP contribution in [0.25, 0.3) is 10.6 Å². The van der Waals surface area contributed by atoms with Gasteiger partial charge in [0.1, 0.15) is 5.01 Å². The summed E-state index contributed by atoms with van der Waals surface area (Å²) < 4.78 is 5.77. The molecule has 4 rings (SSSR count). The maximum Gasteiger partial charge on any atom is 0.319 e. The van der Waals surface area contributed by atoms with E-state index in [0.29, 0.717) is 12.0 Å². The van der Waals surface area contributed by atoms with Crippen LogP contribution in [-0.4, -0.2) is 29.8 Å². The zero-order chi connectivity index (χ0) is 16.4. The predicted molar refractivity (Wildman–Crippen MR) is 95.2 cm³/mol. The molecule has 1 saturated carbocycles. The number of ether oxygens (including phenoxy) is 1. The van der Waals surface area contributed by atoms with Gasteiger partial charge in [0.25, 0.3) is 0 Å². The molecular formula is C18H21N3O2S. The molecule has 1 aromatic carbocycles. The maximum absolute atomic E-state index is 12.4. The van der Waals surface area contributed by atoms with Gasteiger partial charge in [0.15, 0.2) is 0 Å². The highest BCUT2D eigenvalue weighted by Crippen LogP contribution is 2.34. The SMILES string of the molecule is O=C(Nc1cccc(-c2nccs2)c1)N[C@@H]1CCC[C@H]2OCC[C@@H]12. The van der Waals surface area contributed by atoms with Gasteiger partial charge in [-0.15, -0.1) is 11.3 Å². The van der Waals surface area contributed by atoms with E-state index in [1.54, 1.807) is 17.5 Å². The smallest absolute Gasteiger partial charge is 0.319 e. The van der Waals surface area contributed by atoms with E-state index in [1.165, 1.54) is 0 Å². The van der Waals surface area contributed by atoms with Crippen molar-refractivity contribution in [3.05, 3.63) is 35.8 Å². The third-order valence-corrected chi connectivity index (χ3v) is 5.72. The van der Waals surface area contributed by atoms with Gasteiger partial charge in [-0.25, -0.2) is 9.78 Å². The first kappa shape index (κ1) is 15.6. The molecule has 2 aliphatic rings. The maximum atomic E-state index is 12.4. The van der Waals surface area contributed by atoms with Crippen molar-refractivity contribution >= 4 is 23.1 Å². The number of rotatable bonds is 3. The number of anilines is 1. The topological polar surface area (TPSA) is 63.2 Å². The van der Waals surface area contributed by atoms with Gasteiger partial charge in [-0.05, 0) is 37.8 Å². The standard InChI is InChI=1S/C18H21N3O2S/c22-18(21-15-5-2-6-16-14(15)7-9-23-16)20-13-4-1-3-12(11-13)17-19-8-10-24-17/h1,3-4,8,10-11,14-16H,2,5-7,9H2,(H2,20,21,22)/t14-,15+,16+/m0/s1. The highest BCUT2D eigenvalue weighted by atomic mass is 32.1. The van der Waals surface area contributed by atoms with Crippen molar-refractivity contribution in [2.75, 3.05) is 11.9 Å². The Kier molecular flexibility index (Phi) is 4.49. The van der Waals surface area contributed by atoms with Crippen LogP contribution in [-0.2, 0) is 4.74 Å². The number of hydrogen-bond acceptors (Lipinski definition) is 4. The number of fused-ring (bicyclic) bond motifs is 1. The van der Waals surface area contributed by atoms with E-state index in [0.717, 1.165) is 48.5 Å². The van der Waals surface area contributed by atoms with Gasteiger partial charge >= 0.3 is 6.03 Å². The van der Waals surface area contributed by atoms with Crippen molar-refractivity contribution in [2.45, 2.75) is 37.8 Å². The highest BCUT2D eigenvalue weighted by Gasteiger charge is 2.38. The predicted octanol–water partition coefficient (Wildman–Crippen LogP) is 3.89. The Morgan fingerprint density at radius 2 is 2.25 bits per heavy atom. The monoisotopic (exact) mass is 343 g/mol. The van der Waals surface area contributed by atoms with Crippen LogP contribution >= 0.6 is 11.3 Å². The molecule has 2 heterocycles. The number of carbonyl (C=O) groups is 1. The quantitative estimate of drug-likeness (QED) is 0.889. The number of thiazole rings is 1. The lowest BCUT2D eigenvalue weighted by atomic mass is 9.82. The number of aromatic nitrogens is 1. The number of hydrogen-bond donors (Lipinski definition) is 2. The van der Waals surface area contributed by atoms with E-state index >= 15 is 0 Å². The molecule has 24 heavy (non-hydrogen) atoms. The molecule has 2 amide bonds. The summed E-state index contributed by atoms with van der Waals surface area (Å²) in [5.41, 5.74) is 1.81. The summed E-state index contributed by atoms with van der Waals surface area (Å²) >= 11 is 1.59. The van der Waals surface area contributed by atoms with Crippen LogP contribution in [0.3, 0.4) is 0 Å². The summed E-state index contributed by atoms with van der Waals surface area (Å²) in [5.74, 6) is 0.464. The molecule has 2 N–H and O–H groups in total. The molecule has 2 aromatic rings. The van der Waals surface area contributed by atoms with E-state index in [2.05, 4.69) is 15.6 Å². The highest BCUT2D eigenvalue weighted by molar-refractivity contribution is 7.13. The Morgan fingerprint density at radius 1 is 1.29 bits per heavy atom. The van der Waals surface area contributed by atoms with Gasteiger partial charge in [0.2, 0.25) is 0 Å². The molecule has 1 aliphatic carbocycles. The number of nitrogens with zero attached hydrogens (tertiary/aromatic N) is 1. The third kappa shape index (κ3) is 3.30. The van der Waals surface area contributed by atoms with Crippen molar-refractivity contribution in [3.63, 3.8) is 0 Å². The largest absolute Gasteiger partial charge is 0.378 e. The lowest BCUT2D eigenvalue weighted by Gasteiger charge is -2.33. The number of nitrogens with one attached hydrogen (secondary N) is 2. The molecule has 0 spiro atoms. The fourth-order valence-corrected chi connectivity index (χ4v) is 4.42. The number of urea groups is 1. The van der Waals surface area contributed by atoms with Crippen molar-refractivity contribution in [1.29, 1.82) is 0 Å². The molecule has 0 unspecified atom stereocenters.